The van der Waals surface area contributed by atoms with E-state index in [0.717, 1.165) is 12.8 Å². The summed E-state index contributed by atoms with van der Waals surface area (Å²) in [5.74, 6) is -0.856. The molecule has 0 unspecified atom stereocenters. The molecule has 0 aromatic heterocycles. The van der Waals surface area contributed by atoms with Crippen molar-refractivity contribution in [2.45, 2.75) is 23.2 Å². The summed E-state index contributed by atoms with van der Waals surface area (Å²) in [7, 11) is 0. The summed E-state index contributed by atoms with van der Waals surface area (Å²) in [5, 5.41) is 0. The lowest BCUT2D eigenvalue weighted by Crippen LogP contribution is -2.42. The van der Waals surface area contributed by atoms with Gasteiger partial charge in [0.1, 0.15) is 0 Å². The van der Waals surface area contributed by atoms with Crippen LogP contribution in [0.15, 0.2) is 29.2 Å². The quantitative estimate of drug-likeness (QED) is 0.666. The molecular weight excluding hydrogens is 293 g/mol. The number of hydrazine groups is 1. The highest BCUT2D eigenvalue weighted by Crippen LogP contribution is 2.36. The van der Waals surface area contributed by atoms with Gasteiger partial charge in [-0.1, -0.05) is 0 Å². The zero-order valence-corrected chi connectivity index (χ0v) is 11.0. The normalized spacial score (nSPS) is 14.8. The highest BCUT2D eigenvalue weighted by atomic mass is 32.2. The third-order valence-electron chi connectivity index (χ3n) is 2.60. The van der Waals surface area contributed by atoms with Gasteiger partial charge in [0.2, 0.25) is 5.91 Å². The number of hydrogen-bond donors (Lipinski definition) is 2. The van der Waals surface area contributed by atoms with Crippen molar-refractivity contribution in [3.8, 4) is 0 Å². The van der Waals surface area contributed by atoms with E-state index in [0.29, 0.717) is 0 Å². The van der Waals surface area contributed by atoms with Crippen LogP contribution < -0.4 is 10.9 Å². The summed E-state index contributed by atoms with van der Waals surface area (Å²) in [6.45, 7) is 0. The Morgan fingerprint density at radius 3 is 2.20 bits per heavy atom. The first-order valence-corrected chi connectivity index (χ1v) is 6.63. The molecule has 4 nitrogen and oxygen atoms in total. The van der Waals surface area contributed by atoms with Crippen molar-refractivity contribution in [1.82, 2.24) is 10.9 Å². The maximum atomic E-state index is 12.1. The molecule has 2 N–H and O–H groups in total. The second-order valence-corrected chi connectivity index (χ2v) is 5.43. The molecule has 1 fully saturated rings. The largest absolute Gasteiger partial charge is 0.446 e. The lowest BCUT2D eigenvalue weighted by molar-refractivity contribution is -0.123. The number of benzene rings is 1. The molecule has 0 spiro atoms. The second kappa shape index (κ2) is 5.74. The van der Waals surface area contributed by atoms with Crippen LogP contribution in [0.2, 0.25) is 0 Å². The Hall–Kier alpha value is -1.70. The Morgan fingerprint density at radius 2 is 1.70 bits per heavy atom. The fraction of sp³-hybridized carbons (Fsp3) is 0.333. The fourth-order valence-corrected chi connectivity index (χ4v) is 1.99. The van der Waals surface area contributed by atoms with E-state index in [1.165, 1.54) is 24.3 Å². The Balaban J connectivity index is 1.88. The number of amides is 2. The van der Waals surface area contributed by atoms with E-state index in [1.807, 2.05) is 0 Å². The molecule has 0 heterocycles. The van der Waals surface area contributed by atoms with E-state index in [-0.39, 0.29) is 34.0 Å². The van der Waals surface area contributed by atoms with E-state index in [2.05, 4.69) is 10.9 Å². The molecule has 1 aromatic rings. The lowest BCUT2D eigenvalue weighted by atomic mass is 10.2. The minimum atomic E-state index is -4.36. The minimum absolute atomic E-state index is 0.00364. The SMILES string of the molecule is O=C(NNC(=O)C1CC1)c1ccc(SC(F)(F)F)cc1. The first-order valence-electron chi connectivity index (χ1n) is 5.81. The number of alkyl halides is 3. The van der Waals surface area contributed by atoms with Crippen LogP contribution in [0, 0.1) is 5.92 Å². The number of hydrogen-bond acceptors (Lipinski definition) is 3. The van der Waals surface area contributed by atoms with E-state index < -0.39 is 11.4 Å². The molecule has 0 atom stereocenters. The highest BCUT2D eigenvalue weighted by Gasteiger charge is 2.30. The smallest absolute Gasteiger partial charge is 0.273 e. The van der Waals surface area contributed by atoms with Gasteiger partial charge in [-0.05, 0) is 48.9 Å². The standard InChI is InChI=1S/C12H11F3N2O2S/c13-12(14,15)20-9-5-3-8(4-6-9)11(19)17-16-10(18)7-1-2-7/h3-7H,1-2H2,(H,16,18)(H,17,19). The molecular formula is C12H11F3N2O2S. The van der Waals surface area contributed by atoms with Crippen LogP contribution >= 0.6 is 11.8 Å². The molecule has 0 saturated heterocycles. The van der Waals surface area contributed by atoms with Gasteiger partial charge in [-0.25, -0.2) is 0 Å². The van der Waals surface area contributed by atoms with Crippen LogP contribution in [0.1, 0.15) is 23.2 Å². The van der Waals surface area contributed by atoms with Gasteiger partial charge in [-0.3, -0.25) is 20.4 Å². The number of nitrogens with one attached hydrogen (secondary N) is 2. The van der Waals surface area contributed by atoms with Crippen LogP contribution in [0.3, 0.4) is 0 Å². The maximum absolute atomic E-state index is 12.1. The molecule has 1 aromatic carbocycles. The first-order chi connectivity index (χ1) is 9.35. The predicted octanol–water partition coefficient (Wildman–Crippen LogP) is 2.47. The zero-order valence-electron chi connectivity index (χ0n) is 10.2. The van der Waals surface area contributed by atoms with Gasteiger partial charge in [0.15, 0.2) is 0 Å². The molecule has 1 saturated carbocycles. The maximum Gasteiger partial charge on any atom is 0.446 e. The van der Waals surface area contributed by atoms with E-state index in [1.54, 1.807) is 0 Å². The Labute approximate surface area is 117 Å². The third-order valence-corrected chi connectivity index (χ3v) is 3.34. The molecule has 1 aliphatic rings. The summed E-state index contributed by atoms with van der Waals surface area (Å²) >= 11 is -0.250. The average molecular weight is 304 g/mol. The molecule has 1 aliphatic carbocycles. The second-order valence-electron chi connectivity index (χ2n) is 4.29. The van der Waals surface area contributed by atoms with Crippen molar-refractivity contribution in [3.63, 3.8) is 0 Å². The van der Waals surface area contributed by atoms with E-state index in [9.17, 15) is 22.8 Å². The van der Waals surface area contributed by atoms with Crippen LogP contribution in [-0.2, 0) is 4.79 Å². The van der Waals surface area contributed by atoms with Gasteiger partial charge in [0, 0.05) is 16.4 Å². The number of carbonyl (C=O) groups excluding carboxylic acids is 2. The van der Waals surface area contributed by atoms with Gasteiger partial charge in [0.25, 0.3) is 5.91 Å². The number of halogens is 3. The zero-order chi connectivity index (χ0) is 14.8. The van der Waals surface area contributed by atoms with Gasteiger partial charge >= 0.3 is 5.51 Å². The number of rotatable bonds is 3. The van der Waals surface area contributed by atoms with Crippen molar-refractivity contribution < 1.29 is 22.8 Å². The molecule has 0 radical (unpaired) electrons. The minimum Gasteiger partial charge on any atom is -0.273 e. The monoisotopic (exact) mass is 304 g/mol. The van der Waals surface area contributed by atoms with Gasteiger partial charge in [-0.2, -0.15) is 13.2 Å². The van der Waals surface area contributed by atoms with Crippen molar-refractivity contribution in [2.24, 2.45) is 5.92 Å². The summed E-state index contributed by atoms with van der Waals surface area (Å²) < 4.78 is 36.4. The van der Waals surface area contributed by atoms with Crippen LogP contribution in [0.25, 0.3) is 0 Å². The van der Waals surface area contributed by atoms with Crippen LogP contribution in [-0.4, -0.2) is 17.3 Å². The van der Waals surface area contributed by atoms with E-state index >= 15 is 0 Å². The Morgan fingerprint density at radius 1 is 1.10 bits per heavy atom. The molecule has 108 valence electrons. The molecule has 2 rings (SSSR count). The van der Waals surface area contributed by atoms with E-state index in [4.69, 9.17) is 0 Å². The number of carbonyl (C=O) groups is 2. The summed E-state index contributed by atoms with van der Waals surface area (Å²) in [5.41, 5.74) is 0.307. The highest BCUT2D eigenvalue weighted by molar-refractivity contribution is 8.00. The summed E-state index contributed by atoms with van der Waals surface area (Å²) in [6.07, 6.45) is 1.62. The topological polar surface area (TPSA) is 58.2 Å². The molecule has 0 aliphatic heterocycles. The predicted molar refractivity (Wildman–Crippen MR) is 66.7 cm³/mol. The van der Waals surface area contributed by atoms with Gasteiger partial charge in [-0.15, -0.1) is 0 Å². The average Bonchev–Trinajstić information content (AvgIpc) is 3.18. The van der Waals surface area contributed by atoms with Gasteiger partial charge < -0.3 is 0 Å². The summed E-state index contributed by atoms with van der Waals surface area (Å²) in [4.78, 5) is 22.9. The molecule has 2 amide bonds. The Bertz CT molecular complexity index is 512. The molecule has 8 heteroatoms. The lowest BCUT2D eigenvalue weighted by Gasteiger charge is -2.08. The first kappa shape index (κ1) is 14.7. The van der Waals surface area contributed by atoms with Crippen molar-refractivity contribution in [1.29, 1.82) is 0 Å². The summed E-state index contributed by atoms with van der Waals surface area (Å²) in [6, 6.07) is 4.95. The Kier molecular flexibility index (Phi) is 4.22. The van der Waals surface area contributed by atoms with Crippen molar-refractivity contribution in [2.75, 3.05) is 0 Å². The number of thioether (sulfide) groups is 1. The third kappa shape index (κ3) is 4.44. The molecule has 0 bridgehead atoms. The van der Waals surface area contributed by atoms with Crippen LogP contribution in [0.5, 0.6) is 0 Å². The molecule has 20 heavy (non-hydrogen) atoms. The van der Waals surface area contributed by atoms with Crippen LogP contribution in [0.4, 0.5) is 13.2 Å². The fourth-order valence-electron chi connectivity index (χ4n) is 1.45. The van der Waals surface area contributed by atoms with Crippen molar-refractivity contribution in [3.05, 3.63) is 29.8 Å². The van der Waals surface area contributed by atoms with Crippen molar-refractivity contribution >= 4 is 23.6 Å². The van der Waals surface area contributed by atoms with Gasteiger partial charge in [0.05, 0.1) is 0 Å².